The number of carbonyl (C=O) groups excluding carboxylic acids is 4. The smallest absolute Gasteiger partial charge is 0.388 e. The molecule has 64 heavy (non-hydrogen) atoms. The van der Waals surface area contributed by atoms with Gasteiger partial charge in [-0.05, 0) is 120 Å². The number of alkyl halides is 12. The molecule has 0 saturated heterocycles. The van der Waals surface area contributed by atoms with Crippen LogP contribution >= 0.6 is 0 Å². The van der Waals surface area contributed by atoms with Gasteiger partial charge in [0.2, 0.25) is 0 Å². The van der Waals surface area contributed by atoms with E-state index in [4.69, 9.17) is 5.11 Å². The average Bonchev–Trinajstić information content (AvgIpc) is 3.22. The van der Waals surface area contributed by atoms with Crippen molar-refractivity contribution in [1.82, 2.24) is 0 Å². The number of hydrogen-bond donors (Lipinski definition) is 1. The van der Waals surface area contributed by atoms with Crippen LogP contribution in [-0.4, -0.2) is 34.8 Å². The lowest BCUT2D eigenvalue weighted by Gasteiger charge is -2.19. The standard InChI is InChI=1S/C24H18F6O2.C23H16F6O3/c1-2-20(31)7-3-14-4-8-21-16(9-14)5-6-17(22(21)32)10-15-11-18(23(25,26)27)13-19(12-15)24(28,29)30;24-22(25,26)17-9-14(10-18(11-17)23(27,28)29)8-16-4-3-15-7-13(1-5-19(31)12-30)2-6-20(15)21(16)32/h3-4,7-13H,2,5-6H2,1H3;1-2,5-11,30H,3-4,12H2/b7-3+,17-10+;5-1+,16-8+. The van der Waals surface area contributed by atoms with E-state index in [2.05, 4.69) is 0 Å². The molecule has 5 nitrogen and oxygen atoms in total. The number of benzene rings is 4. The van der Waals surface area contributed by atoms with Gasteiger partial charge in [-0.15, -0.1) is 0 Å². The van der Waals surface area contributed by atoms with Crippen molar-refractivity contribution >= 4 is 47.4 Å². The second-order valence-electron chi connectivity index (χ2n) is 14.6. The molecule has 0 heterocycles. The van der Waals surface area contributed by atoms with Crippen molar-refractivity contribution in [3.8, 4) is 0 Å². The molecule has 1 N–H and O–H groups in total. The van der Waals surface area contributed by atoms with Crippen molar-refractivity contribution in [2.45, 2.75) is 63.7 Å². The Morgan fingerprint density at radius 2 is 0.844 bits per heavy atom. The first kappa shape index (κ1) is 48.7. The predicted octanol–water partition coefficient (Wildman–Crippen LogP) is 12.4. The zero-order valence-corrected chi connectivity index (χ0v) is 33.3. The first-order valence-electron chi connectivity index (χ1n) is 19.1. The van der Waals surface area contributed by atoms with Crippen LogP contribution in [0.3, 0.4) is 0 Å². The molecule has 6 rings (SSSR count). The third kappa shape index (κ3) is 12.4. The maximum Gasteiger partial charge on any atom is 0.416 e. The lowest BCUT2D eigenvalue weighted by atomic mass is 9.85. The Morgan fingerprint density at radius 1 is 0.500 bits per heavy atom. The van der Waals surface area contributed by atoms with Gasteiger partial charge in [-0.2, -0.15) is 52.7 Å². The van der Waals surface area contributed by atoms with E-state index in [1.165, 1.54) is 24.3 Å². The molecule has 17 heteroatoms. The topological polar surface area (TPSA) is 88.5 Å². The minimum Gasteiger partial charge on any atom is -0.388 e. The van der Waals surface area contributed by atoms with Crippen molar-refractivity contribution in [1.29, 1.82) is 0 Å². The fraction of sp³-hybridized carbons (Fsp3) is 0.234. The van der Waals surface area contributed by atoms with Crippen molar-refractivity contribution in [2.75, 3.05) is 6.61 Å². The molecule has 0 bridgehead atoms. The number of fused-ring (bicyclic) bond motifs is 2. The summed E-state index contributed by atoms with van der Waals surface area (Å²) in [6.45, 7) is 1.09. The summed E-state index contributed by atoms with van der Waals surface area (Å²) in [7, 11) is 0. The number of aliphatic hydroxyl groups excluding tert-OH is 1. The molecule has 336 valence electrons. The third-order valence-electron chi connectivity index (χ3n) is 9.99. The van der Waals surface area contributed by atoms with Crippen LogP contribution < -0.4 is 0 Å². The molecule has 0 spiro atoms. The van der Waals surface area contributed by atoms with Gasteiger partial charge in [0.1, 0.15) is 6.61 Å². The van der Waals surface area contributed by atoms with Crippen molar-refractivity contribution in [3.63, 3.8) is 0 Å². The Balaban J connectivity index is 0.000000241. The van der Waals surface area contributed by atoms with Gasteiger partial charge in [0, 0.05) is 28.7 Å². The van der Waals surface area contributed by atoms with E-state index in [1.54, 1.807) is 43.3 Å². The van der Waals surface area contributed by atoms with E-state index in [0.29, 0.717) is 65.8 Å². The summed E-state index contributed by atoms with van der Waals surface area (Å²) in [5, 5.41) is 8.74. The van der Waals surface area contributed by atoms with Gasteiger partial charge in [0.05, 0.1) is 22.3 Å². The van der Waals surface area contributed by atoms with Crippen LogP contribution in [0.5, 0.6) is 0 Å². The number of Topliss-reactive ketones (excluding diaryl/α,β-unsaturated/α-hetero) is 2. The largest absolute Gasteiger partial charge is 0.416 e. The molecular formula is C47H34F12O5. The highest BCUT2D eigenvalue weighted by atomic mass is 19.4. The number of hydrogen-bond acceptors (Lipinski definition) is 5. The molecule has 0 aromatic heterocycles. The lowest BCUT2D eigenvalue weighted by molar-refractivity contribution is -0.144. The van der Waals surface area contributed by atoms with Gasteiger partial charge in [0.15, 0.2) is 23.1 Å². The molecule has 0 unspecified atom stereocenters. The Bertz CT molecular complexity index is 2360. The second-order valence-corrected chi connectivity index (χ2v) is 14.6. The molecule has 0 amide bonds. The van der Waals surface area contributed by atoms with Crippen molar-refractivity contribution in [2.24, 2.45) is 0 Å². The van der Waals surface area contributed by atoms with E-state index in [-0.39, 0.29) is 58.6 Å². The van der Waals surface area contributed by atoms with Crippen molar-refractivity contribution < 1.29 is 77.0 Å². The normalized spacial score (nSPS) is 16.0. The number of aryl methyl sites for hydroxylation is 2. The second kappa shape index (κ2) is 19.2. The van der Waals surface area contributed by atoms with Crippen LogP contribution in [0.4, 0.5) is 52.7 Å². The highest BCUT2D eigenvalue weighted by molar-refractivity contribution is 6.14. The molecule has 0 atom stereocenters. The molecule has 0 aliphatic heterocycles. The van der Waals surface area contributed by atoms with E-state index in [9.17, 15) is 71.9 Å². The zero-order chi connectivity index (χ0) is 47.4. The fourth-order valence-corrected chi connectivity index (χ4v) is 6.75. The Hall–Kier alpha value is -6.36. The quantitative estimate of drug-likeness (QED) is 0.141. The fourth-order valence-electron chi connectivity index (χ4n) is 6.75. The Labute approximate surface area is 357 Å². The summed E-state index contributed by atoms with van der Waals surface area (Å²) in [5.41, 5.74) is -2.91. The van der Waals surface area contributed by atoms with Gasteiger partial charge in [-0.25, -0.2) is 0 Å². The zero-order valence-electron chi connectivity index (χ0n) is 33.3. The van der Waals surface area contributed by atoms with Crippen molar-refractivity contribution in [3.05, 3.63) is 163 Å². The monoisotopic (exact) mass is 906 g/mol. The molecule has 4 aromatic carbocycles. The van der Waals surface area contributed by atoms with Gasteiger partial charge in [0.25, 0.3) is 0 Å². The summed E-state index contributed by atoms with van der Waals surface area (Å²) >= 11 is 0. The number of allylic oxidation sites excluding steroid dienone is 3. The van der Waals surface area contributed by atoms with E-state index >= 15 is 0 Å². The van der Waals surface area contributed by atoms with E-state index < -0.39 is 70.9 Å². The van der Waals surface area contributed by atoms with Crippen LogP contribution in [0.2, 0.25) is 0 Å². The highest BCUT2D eigenvalue weighted by Crippen LogP contribution is 2.39. The molecule has 0 radical (unpaired) electrons. The number of rotatable bonds is 8. The maximum atomic E-state index is 13.1. The number of aliphatic hydroxyl groups is 1. The Morgan fingerprint density at radius 3 is 1.16 bits per heavy atom. The number of ketones is 4. The molecule has 4 aromatic rings. The number of halogens is 12. The lowest BCUT2D eigenvalue weighted by Crippen LogP contribution is -2.15. The molecule has 0 fully saturated rings. The SMILES string of the molecule is CCC(=O)/C=C/c1ccc2c(c1)CC/C(=C\c1cc(C(F)(F)F)cc(C(F)(F)F)c1)C2=O.O=C(/C=C/c1ccc2c(c1)CC/C(=C\c1cc(C(F)(F)F)cc(C(F)(F)F)c1)C2=O)CO. The molecule has 2 aliphatic rings. The molecule has 0 saturated carbocycles. The van der Waals surface area contributed by atoms with Gasteiger partial charge < -0.3 is 5.11 Å². The van der Waals surface area contributed by atoms with Crippen LogP contribution in [0, 0.1) is 0 Å². The Kier molecular flexibility index (Phi) is 14.6. The van der Waals surface area contributed by atoms with Crippen LogP contribution in [0.1, 0.15) is 103 Å². The highest BCUT2D eigenvalue weighted by Gasteiger charge is 2.38. The van der Waals surface area contributed by atoms with E-state index in [0.717, 1.165) is 17.7 Å². The van der Waals surface area contributed by atoms with Crippen LogP contribution in [0.25, 0.3) is 24.3 Å². The summed E-state index contributed by atoms with van der Waals surface area (Å²) < 4.78 is 157. The summed E-state index contributed by atoms with van der Waals surface area (Å²) in [6.07, 6.45) is -10.6. The average molecular weight is 907 g/mol. The minimum atomic E-state index is -4.97. The predicted molar refractivity (Wildman–Crippen MR) is 212 cm³/mol. The molecule has 2 aliphatic carbocycles. The first-order valence-corrected chi connectivity index (χ1v) is 19.1. The summed E-state index contributed by atoms with van der Waals surface area (Å²) in [5.74, 6) is -1.48. The number of carbonyl (C=O) groups is 4. The van der Waals surface area contributed by atoms with Gasteiger partial charge >= 0.3 is 24.7 Å². The van der Waals surface area contributed by atoms with Gasteiger partial charge in [-0.1, -0.05) is 55.5 Å². The van der Waals surface area contributed by atoms with E-state index in [1.807, 2.05) is 0 Å². The molecular weight excluding hydrogens is 872 g/mol. The minimum absolute atomic E-state index is 0.0383. The summed E-state index contributed by atoms with van der Waals surface area (Å²) in [6, 6.07) is 12.1. The van der Waals surface area contributed by atoms with Crippen LogP contribution in [-0.2, 0) is 47.1 Å². The first-order chi connectivity index (χ1) is 29.8. The maximum absolute atomic E-state index is 13.1. The summed E-state index contributed by atoms with van der Waals surface area (Å²) in [4.78, 5) is 48.2. The third-order valence-corrected chi connectivity index (χ3v) is 9.99. The van der Waals surface area contributed by atoms with Gasteiger partial charge in [-0.3, -0.25) is 19.2 Å². The van der Waals surface area contributed by atoms with Crippen LogP contribution in [0.15, 0.2) is 96.1 Å².